The van der Waals surface area contributed by atoms with Gasteiger partial charge >= 0.3 is 6.01 Å². The van der Waals surface area contributed by atoms with E-state index in [0.29, 0.717) is 46.4 Å². The van der Waals surface area contributed by atoms with Crippen LogP contribution in [0.5, 0.6) is 6.01 Å². The number of hydrogen-bond acceptors (Lipinski definition) is 6. The molecule has 0 aliphatic carbocycles. The maximum Gasteiger partial charge on any atom is 0.319 e. The molecule has 53 heavy (non-hydrogen) atoms. The van der Waals surface area contributed by atoms with Crippen molar-refractivity contribution < 1.29 is 17.9 Å². The Balaban J connectivity index is 1.29. The minimum atomic E-state index is -2.09. The molecule has 4 fully saturated rings. The first kappa shape index (κ1) is 36.3. The number of fused-ring (bicyclic) bond motifs is 5. The summed E-state index contributed by atoms with van der Waals surface area (Å²) in [6, 6.07) is 13.3. The molecule has 3 aromatic carbocycles. The number of benzene rings is 3. The molecule has 4 aliphatic rings. The molecule has 10 heteroatoms. The SMILES string of the molecule is CC(C)[Si](C#Cc1cccc2cccc(-c3c(F)cc4c(N5[C@@H]6CC[C@H]5CNC6)nc(OC[C@@]56CCCN5C[C@H](F)C6)nc4c3F)c12)(C(C)C)C(C)C. The van der Waals surface area contributed by atoms with Crippen molar-refractivity contribution in [2.75, 3.05) is 37.7 Å². The Hall–Kier alpha value is -3.65. The highest BCUT2D eigenvalue weighted by molar-refractivity contribution is 6.90. The Morgan fingerprint density at radius 3 is 2.38 bits per heavy atom. The highest BCUT2D eigenvalue weighted by atomic mass is 28.3. The lowest BCUT2D eigenvalue weighted by Gasteiger charge is -2.38. The van der Waals surface area contributed by atoms with Crippen molar-refractivity contribution in [3.05, 3.63) is 59.7 Å². The van der Waals surface area contributed by atoms with Crippen LogP contribution in [0.3, 0.4) is 0 Å². The van der Waals surface area contributed by atoms with E-state index < -0.39 is 31.4 Å². The van der Waals surface area contributed by atoms with Crippen LogP contribution in [0.15, 0.2) is 42.5 Å². The second-order valence-corrected chi connectivity index (χ2v) is 22.5. The smallest absolute Gasteiger partial charge is 0.319 e. The van der Waals surface area contributed by atoms with Crippen LogP contribution < -0.4 is 15.0 Å². The molecule has 0 radical (unpaired) electrons. The molecule has 5 heterocycles. The summed E-state index contributed by atoms with van der Waals surface area (Å²) in [5.41, 5.74) is 5.85. The summed E-state index contributed by atoms with van der Waals surface area (Å²) in [6.45, 7) is 16.7. The predicted octanol–water partition coefficient (Wildman–Crippen LogP) is 9.19. The first-order chi connectivity index (χ1) is 25.4. The Morgan fingerprint density at radius 1 is 0.981 bits per heavy atom. The third kappa shape index (κ3) is 6.02. The molecule has 0 unspecified atom stereocenters. The molecule has 1 N–H and O–H groups in total. The fraction of sp³-hybridized carbons (Fsp3) is 0.535. The first-order valence-electron chi connectivity index (χ1n) is 19.7. The summed E-state index contributed by atoms with van der Waals surface area (Å²) in [5.74, 6) is 2.67. The van der Waals surface area contributed by atoms with Crippen molar-refractivity contribution in [1.29, 1.82) is 0 Å². The summed E-state index contributed by atoms with van der Waals surface area (Å²) in [5, 5.41) is 5.43. The topological polar surface area (TPSA) is 53.5 Å². The number of nitrogens with zero attached hydrogens (tertiary/aromatic N) is 4. The van der Waals surface area contributed by atoms with Gasteiger partial charge in [0.05, 0.1) is 11.1 Å². The van der Waals surface area contributed by atoms with E-state index in [1.165, 1.54) is 6.07 Å². The first-order valence-corrected chi connectivity index (χ1v) is 21.9. The molecule has 4 aromatic rings. The molecule has 4 saturated heterocycles. The van der Waals surface area contributed by atoms with Gasteiger partial charge in [-0.2, -0.15) is 9.97 Å². The normalized spacial score (nSPS) is 24.5. The molecule has 2 bridgehead atoms. The molecular formula is C43H52F3N5OSi. The van der Waals surface area contributed by atoms with E-state index in [-0.39, 0.29) is 35.8 Å². The molecular weight excluding hydrogens is 688 g/mol. The Bertz CT molecular complexity index is 2070. The van der Waals surface area contributed by atoms with Gasteiger partial charge in [0.1, 0.15) is 38.0 Å². The van der Waals surface area contributed by atoms with Crippen molar-refractivity contribution in [2.24, 2.45) is 0 Å². The third-order valence-corrected chi connectivity index (χ3v) is 19.4. The fourth-order valence-corrected chi connectivity index (χ4v) is 15.9. The quantitative estimate of drug-likeness (QED) is 0.144. The van der Waals surface area contributed by atoms with E-state index in [2.05, 4.69) is 68.1 Å². The lowest BCUT2D eigenvalue weighted by molar-refractivity contribution is 0.107. The lowest BCUT2D eigenvalue weighted by Crippen LogP contribution is -2.52. The van der Waals surface area contributed by atoms with Crippen molar-refractivity contribution in [3.63, 3.8) is 0 Å². The zero-order valence-electron chi connectivity index (χ0n) is 31.9. The second-order valence-electron chi connectivity index (χ2n) is 16.9. The molecule has 0 amide bonds. The van der Waals surface area contributed by atoms with Gasteiger partial charge in [-0.15, -0.1) is 5.54 Å². The van der Waals surface area contributed by atoms with Crippen LogP contribution in [-0.2, 0) is 0 Å². The summed E-state index contributed by atoms with van der Waals surface area (Å²) >= 11 is 0. The molecule has 280 valence electrons. The van der Waals surface area contributed by atoms with Crippen LogP contribution in [0.1, 0.15) is 79.2 Å². The van der Waals surface area contributed by atoms with Gasteiger partial charge in [0.15, 0.2) is 5.82 Å². The van der Waals surface area contributed by atoms with Gasteiger partial charge in [0.2, 0.25) is 0 Å². The summed E-state index contributed by atoms with van der Waals surface area (Å²) in [7, 11) is -2.09. The zero-order valence-corrected chi connectivity index (χ0v) is 32.9. The third-order valence-electron chi connectivity index (χ3n) is 13.2. The van der Waals surface area contributed by atoms with E-state index in [1.54, 1.807) is 6.07 Å². The van der Waals surface area contributed by atoms with Gasteiger partial charge in [-0.3, -0.25) is 4.90 Å². The number of anilines is 1. The van der Waals surface area contributed by atoms with Crippen LogP contribution in [-0.4, -0.2) is 79.5 Å². The molecule has 8 rings (SSSR count). The minimum absolute atomic E-state index is 0.0290. The fourth-order valence-electron chi connectivity index (χ4n) is 10.7. The van der Waals surface area contributed by atoms with Crippen molar-refractivity contribution in [1.82, 2.24) is 20.2 Å². The lowest BCUT2D eigenvalue weighted by atomic mass is 9.93. The molecule has 4 aliphatic heterocycles. The van der Waals surface area contributed by atoms with Crippen molar-refractivity contribution in [2.45, 2.75) is 114 Å². The number of hydrogen-bond donors (Lipinski definition) is 1. The zero-order chi connectivity index (χ0) is 37.2. The van der Waals surface area contributed by atoms with Crippen LogP contribution in [0.4, 0.5) is 19.0 Å². The maximum absolute atomic E-state index is 17.4. The standard InChI is InChI=1S/C43H52F3N5OSi/c1-26(2)53(27(3)4,28(5)6)19-16-30-11-7-10-29-12-8-13-34(37(29)30)38-36(45)20-35-40(39(38)46)48-42(49-41(35)51-32-14-15-33(51)23-47-22-32)52-25-43-17-9-18-50(43)24-31(44)21-43/h7-8,10-13,20,26-28,31-33,47H,9,14-15,17-18,21-25H2,1-6H3/t31-,32-,33+,43+/m1/s1. The molecule has 1 aromatic heterocycles. The number of piperazine rings is 1. The summed E-state index contributed by atoms with van der Waals surface area (Å²) in [4.78, 5) is 14.0. The monoisotopic (exact) mass is 739 g/mol. The van der Waals surface area contributed by atoms with Crippen molar-refractivity contribution >= 4 is 35.6 Å². The van der Waals surface area contributed by atoms with Gasteiger partial charge in [0.25, 0.3) is 0 Å². The number of ether oxygens (including phenoxy) is 1. The van der Waals surface area contributed by atoms with Crippen LogP contribution in [0, 0.1) is 23.1 Å². The number of alkyl halides is 1. The number of rotatable bonds is 8. The molecule has 0 saturated carbocycles. The second kappa shape index (κ2) is 13.9. The molecule has 4 atom stereocenters. The van der Waals surface area contributed by atoms with E-state index in [0.717, 1.165) is 61.7 Å². The van der Waals surface area contributed by atoms with Gasteiger partial charge in [0, 0.05) is 54.5 Å². The van der Waals surface area contributed by atoms with Gasteiger partial charge in [-0.25, -0.2) is 13.2 Å². The van der Waals surface area contributed by atoms with Crippen LogP contribution in [0.25, 0.3) is 32.8 Å². The van der Waals surface area contributed by atoms with E-state index in [9.17, 15) is 4.39 Å². The average Bonchev–Trinajstić information content (AvgIpc) is 3.73. The maximum atomic E-state index is 17.4. The molecule has 0 spiro atoms. The van der Waals surface area contributed by atoms with Crippen molar-refractivity contribution in [3.8, 4) is 28.6 Å². The molecule has 6 nitrogen and oxygen atoms in total. The van der Waals surface area contributed by atoms with Crippen LogP contribution in [0.2, 0.25) is 16.6 Å². The predicted molar refractivity (Wildman–Crippen MR) is 211 cm³/mol. The number of nitrogens with one attached hydrogen (secondary N) is 1. The number of halogens is 3. The van der Waals surface area contributed by atoms with Gasteiger partial charge in [-0.1, -0.05) is 77.8 Å². The van der Waals surface area contributed by atoms with E-state index in [4.69, 9.17) is 14.7 Å². The largest absolute Gasteiger partial charge is 0.461 e. The Morgan fingerprint density at radius 2 is 1.68 bits per heavy atom. The van der Waals surface area contributed by atoms with E-state index >= 15 is 8.78 Å². The van der Waals surface area contributed by atoms with Gasteiger partial charge in [-0.05, 0) is 71.9 Å². The Labute approximate surface area is 312 Å². The number of aromatic nitrogens is 2. The van der Waals surface area contributed by atoms with Gasteiger partial charge < -0.3 is 15.0 Å². The van der Waals surface area contributed by atoms with Crippen LogP contribution >= 0.6 is 0 Å². The summed E-state index contributed by atoms with van der Waals surface area (Å²) < 4.78 is 55.2. The summed E-state index contributed by atoms with van der Waals surface area (Å²) in [6.07, 6.45) is 3.25. The average molecular weight is 740 g/mol. The Kier molecular flexibility index (Phi) is 9.52. The van der Waals surface area contributed by atoms with E-state index in [1.807, 2.05) is 30.3 Å². The minimum Gasteiger partial charge on any atom is -0.461 e. The highest BCUT2D eigenvalue weighted by Crippen LogP contribution is 2.44. The highest BCUT2D eigenvalue weighted by Gasteiger charge is 2.49.